The fourth-order valence-corrected chi connectivity index (χ4v) is 3.59. The van der Waals surface area contributed by atoms with E-state index in [2.05, 4.69) is 20.8 Å². The molecule has 0 aromatic carbocycles. The average molecular weight is 536 g/mol. The van der Waals surface area contributed by atoms with Crippen molar-refractivity contribution < 1.29 is 35.2 Å². The van der Waals surface area contributed by atoms with E-state index in [1.165, 1.54) is 20.9 Å². The van der Waals surface area contributed by atoms with Crippen LogP contribution in [-0.4, -0.2) is 48.6 Å². The van der Waals surface area contributed by atoms with E-state index in [4.69, 9.17) is 4.11 Å². The third-order valence-electron chi connectivity index (χ3n) is 5.30. The van der Waals surface area contributed by atoms with Gasteiger partial charge in [0.15, 0.2) is 11.5 Å². The fourth-order valence-electron chi connectivity index (χ4n) is 3.59. The third kappa shape index (κ3) is 6.58. The summed E-state index contributed by atoms with van der Waals surface area (Å²) in [5, 5.41) is 11.7. The van der Waals surface area contributed by atoms with Crippen LogP contribution in [0.2, 0.25) is 0 Å². The standard InChI is InChI=1S/C22H25F6N7O2/c1-21(2,31-18(36)15(29-3)5-12-8-30-34(9-12)20(24)25)11-35-16(7-17(32-35)22(26,27)28)13-6-14(23)19(37)33(4)10-13/h6-10,15,20,29H,5,11H2,1-4H3,(H,31,36)/t15-/m1/s1/i3D3. The molecule has 0 aliphatic rings. The number of aromatic nitrogens is 5. The number of likely N-dealkylation sites (N-methyl/N-ethyl adjacent to an activating group) is 1. The van der Waals surface area contributed by atoms with Crippen LogP contribution in [0.5, 0.6) is 0 Å². The molecule has 1 atom stereocenters. The molecule has 1 amide bonds. The molecule has 9 nitrogen and oxygen atoms in total. The van der Waals surface area contributed by atoms with Crippen molar-refractivity contribution in [1.82, 2.24) is 34.8 Å². The molecule has 3 aromatic rings. The van der Waals surface area contributed by atoms with Crippen LogP contribution in [-0.2, 0) is 31.0 Å². The maximum atomic E-state index is 14.1. The minimum atomic E-state index is -4.87. The molecule has 0 aliphatic carbocycles. The second kappa shape index (κ2) is 10.4. The molecule has 0 radical (unpaired) electrons. The fraction of sp³-hybridized carbons (Fsp3) is 0.455. The van der Waals surface area contributed by atoms with Crippen LogP contribution in [0.4, 0.5) is 26.3 Å². The van der Waals surface area contributed by atoms with Crippen LogP contribution in [0.3, 0.4) is 0 Å². The van der Waals surface area contributed by atoms with Crippen molar-refractivity contribution in [3.8, 4) is 11.3 Å². The highest BCUT2D eigenvalue weighted by molar-refractivity contribution is 5.82. The zero-order chi connectivity index (χ0) is 30.2. The van der Waals surface area contributed by atoms with E-state index < -0.39 is 60.8 Å². The molecule has 0 bridgehead atoms. The van der Waals surface area contributed by atoms with Crippen LogP contribution >= 0.6 is 0 Å². The zero-order valence-electron chi connectivity index (χ0n) is 22.8. The highest BCUT2D eigenvalue weighted by atomic mass is 19.4. The number of hydrogen-bond acceptors (Lipinski definition) is 5. The van der Waals surface area contributed by atoms with Gasteiger partial charge in [-0.15, -0.1) is 0 Å². The number of amides is 1. The molecule has 3 aromatic heterocycles. The van der Waals surface area contributed by atoms with Crippen LogP contribution < -0.4 is 16.2 Å². The lowest BCUT2D eigenvalue weighted by Gasteiger charge is -2.29. The second-order valence-electron chi connectivity index (χ2n) is 8.94. The topological polar surface area (TPSA) is 98.8 Å². The number of halogens is 6. The molecule has 15 heteroatoms. The molecule has 202 valence electrons. The van der Waals surface area contributed by atoms with E-state index in [0.29, 0.717) is 10.7 Å². The Balaban J connectivity index is 1.91. The second-order valence-corrected chi connectivity index (χ2v) is 8.94. The Hall–Kier alpha value is -3.62. The van der Waals surface area contributed by atoms with Gasteiger partial charge >= 0.3 is 12.7 Å². The van der Waals surface area contributed by atoms with Gasteiger partial charge in [-0.25, -0.2) is 9.07 Å². The largest absolute Gasteiger partial charge is 0.435 e. The van der Waals surface area contributed by atoms with Gasteiger partial charge < -0.3 is 15.2 Å². The van der Waals surface area contributed by atoms with E-state index >= 15 is 0 Å². The molecule has 0 spiro atoms. The minimum absolute atomic E-state index is 0.0947. The number of nitrogens with one attached hydrogen (secondary N) is 2. The summed E-state index contributed by atoms with van der Waals surface area (Å²) < 4.78 is 105. The summed E-state index contributed by atoms with van der Waals surface area (Å²) in [6, 6.07) is -0.0449. The number of rotatable bonds is 9. The lowest BCUT2D eigenvalue weighted by Crippen LogP contribution is -2.53. The lowest BCUT2D eigenvalue weighted by atomic mass is 10.0. The average Bonchev–Trinajstić information content (AvgIpc) is 3.42. The van der Waals surface area contributed by atoms with Crippen molar-refractivity contribution in [3.05, 3.63) is 58.2 Å². The van der Waals surface area contributed by atoms with Crippen molar-refractivity contribution in [2.24, 2.45) is 7.05 Å². The molecule has 3 rings (SSSR count). The molecule has 37 heavy (non-hydrogen) atoms. The van der Waals surface area contributed by atoms with Gasteiger partial charge in [-0.3, -0.25) is 14.3 Å². The SMILES string of the molecule is [2H]C([2H])([2H])N[C@H](Cc1cnn(C(F)F)c1)C(=O)NC(C)(C)Cn1nc(C(F)(F)F)cc1-c1cc(F)c(=O)n(C)c1. The van der Waals surface area contributed by atoms with E-state index in [0.717, 1.165) is 33.9 Å². The van der Waals surface area contributed by atoms with Gasteiger partial charge in [0.25, 0.3) is 5.56 Å². The molecule has 0 aliphatic heterocycles. The maximum Gasteiger partial charge on any atom is 0.435 e. The molecular weight excluding hydrogens is 508 g/mol. The quantitative estimate of drug-likeness (QED) is 0.410. The van der Waals surface area contributed by atoms with Crippen molar-refractivity contribution in [3.63, 3.8) is 0 Å². The number of nitrogens with zero attached hydrogens (tertiary/aromatic N) is 5. The summed E-state index contributed by atoms with van der Waals surface area (Å²) in [5.74, 6) is -2.11. The van der Waals surface area contributed by atoms with Gasteiger partial charge in [0.1, 0.15) is 0 Å². The van der Waals surface area contributed by atoms with Crippen molar-refractivity contribution in [2.45, 2.75) is 51.1 Å². The van der Waals surface area contributed by atoms with E-state index in [-0.39, 0.29) is 23.2 Å². The number of pyridine rings is 1. The number of carbonyl (C=O) groups excluding carboxylic acids is 1. The molecule has 0 saturated heterocycles. The van der Waals surface area contributed by atoms with Gasteiger partial charge in [-0.1, -0.05) is 0 Å². The molecule has 0 saturated carbocycles. The first-order chi connectivity index (χ1) is 18.3. The number of carbonyl (C=O) groups is 1. The van der Waals surface area contributed by atoms with Gasteiger partial charge in [0.05, 0.1) is 30.0 Å². The summed E-state index contributed by atoms with van der Waals surface area (Å²) in [4.78, 5) is 24.9. The molecule has 2 N–H and O–H groups in total. The Morgan fingerprint density at radius 3 is 2.49 bits per heavy atom. The summed E-state index contributed by atoms with van der Waals surface area (Å²) in [7, 11) is 1.22. The highest BCUT2D eigenvalue weighted by Crippen LogP contribution is 2.32. The van der Waals surface area contributed by atoms with Gasteiger partial charge in [-0.2, -0.15) is 32.1 Å². The van der Waals surface area contributed by atoms with Crippen LogP contribution in [0.1, 0.15) is 35.8 Å². The van der Waals surface area contributed by atoms with Crippen LogP contribution in [0, 0.1) is 5.82 Å². The van der Waals surface area contributed by atoms with Crippen LogP contribution in [0.15, 0.2) is 35.5 Å². The summed E-state index contributed by atoms with van der Waals surface area (Å²) in [5.41, 5.74) is -3.86. The number of hydrogen-bond donors (Lipinski definition) is 2. The third-order valence-corrected chi connectivity index (χ3v) is 5.30. The van der Waals surface area contributed by atoms with Crippen molar-refractivity contribution in [2.75, 3.05) is 6.98 Å². The predicted octanol–water partition coefficient (Wildman–Crippen LogP) is 2.72. The summed E-state index contributed by atoms with van der Waals surface area (Å²) >= 11 is 0. The Morgan fingerprint density at radius 1 is 1.22 bits per heavy atom. The zero-order valence-corrected chi connectivity index (χ0v) is 19.8. The minimum Gasteiger partial charge on any atom is -0.348 e. The Morgan fingerprint density at radius 2 is 1.92 bits per heavy atom. The van der Waals surface area contributed by atoms with E-state index in [1.54, 1.807) is 0 Å². The Labute approximate surface area is 211 Å². The van der Waals surface area contributed by atoms with E-state index in [9.17, 15) is 35.9 Å². The highest BCUT2D eigenvalue weighted by Gasteiger charge is 2.36. The number of aryl methyl sites for hydroxylation is 1. The Kier molecular flexibility index (Phi) is 6.68. The van der Waals surface area contributed by atoms with E-state index in [1.807, 2.05) is 0 Å². The predicted molar refractivity (Wildman–Crippen MR) is 120 cm³/mol. The first-order valence-electron chi connectivity index (χ1n) is 12.2. The van der Waals surface area contributed by atoms with Crippen molar-refractivity contribution in [1.29, 1.82) is 0 Å². The maximum absolute atomic E-state index is 14.1. The Bertz CT molecular complexity index is 1400. The molecular formula is C22H25F6N7O2. The molecule has 0 unspecified atom stereocenters. The summed E-state index contributed by atoms with van der Waals surface area (Å²) in [6.07, 6.45) is -2.11. The van der Waals surface area contributed by atoms with Crippen LogP contribution in [0.25, 0.3) is 11.3 Å². The van der Waals surface area contributed by atoms with Gasteiger partial charge in [0, 0.05) is 29.1 Å². The normalized spacial score (nSPS) is 14.8. The first kappa shape index (κ1) is 23.8. The lowest BCUT2D eigenvalue weighted by molar-refractivity contribution is -0.141. The van der Waals surface area contributed by atoms with Crippen molar-refractivity contribution >= 4 is 5.91 Å². The smallest absolute Gasteiger partial charge is 0.348 e. The number of alkyl halides is 5. The molecule has 3 heterocycles. The monoisotopic (exact) mass is 536 g/mol. The van der Waals surface area contributed by atoms with Gasteiger partial charge in [0.2, 0.25) is 5.91 Å². The molecule has 0 fully saturated rings. The first-order valence-corrected chi connectivity index (χ1v) is 10.7. The van der Waals surface area contributed by atoms with Gasteiger partial charge in [-0.05, 0) is 44.9 Å². The summed E-state index contributed by atoms with van der Waals surface area (Å²) in [6.45, 7) is -3.33.